The summed E-state index contributed by atoms with van der Waals surface area (Å²) in [5.74, 6) is 0. The number of sulfonamides is 1. The summed E-state index contributed by atoms with van der Waals surface area (Å²) in [6, 6.07) is 8.24. The molecule has 2 fully saturated rings. The topological polar surface area (TPSA) is 93.6 Å². The highest BCUT2D eigenvalue weighted by atomic mass is 32.2. The molecule has 13 heteroatoms. The number of anilines is 1. The first-order chi connectivity index (χ1) is 16.9. The van der Waals surface area contributed by atoms with Crippen LogP contribution in [0.5, 0.6) is 0 Å². The van der Waals surface area contributed by atoms with E-state index in [0.29, 0.717) is 45.5 Å². The Kier molecular flexibility index (Phi) is 8.01. The van der Waals surface area contributed by atoms with Crippen molar-refractivity contribution in [1.29, 1.82) is 0 Å². The summed E-state index contributed by atoms with van der Waals surface area (Å²) in [6.45, 7) is 3.19. The highest BCUT2D eigenvalue weighted by Crippen LogP contribution is 2.39. The molecule has 2 saturated heterocycles. The van der Waals surface area contributed by atoms with Gasteiger partial charge >= 0.3 is 6.18 Å². The molecule has 0 bridgehead atoms. The van der Waals surface area contributed by atoms with Crippen molar-refractivity contribution in [2.24, 2.45) is 0 Å². The average molecular weight is 550 g/mol. The number of aliphatic hydroxyl groups excluding tert-OH is 1. The van der Waals surface area contributed by atoms with Gasteiger partial charge in [-0.25, -0.2) is 8.42 Å². The molecule has 0 radical (unpaired) electrons. The van der Waals surface area contributed by atoms with E-state index in [1.54, 1.807) is 17.5 Å². The first-order valence-electron chi connectivity index (χ1n) is 11.6. The van der Waals surface area contributed by atoms with Crippen LogP contribution < -0.4 is 4.90 Å². The Morgan fingerprint density at radius 2 is 1.83 bits per heavy atom. The van der Waals surface area contributed by atoms with Gasteiger partial charge in [0.05, 0.1) is 31.9 Å². The van der Waals surface area contributed by atoms with Gasteiger partial charge in [-0.2, -0.15) is 17.5 Å². The Labute approximate surface area is 212 Å². The van der Waals surface area contributed by atoms with Crippen LogP contribution in [0.4, 0.5) is 18.9 Å². The summed E-state index contributed by atoms with van der Waals surface area (Å²) in [5, 5.41) is 21.5. The van der Waals surface area contributed by atoms with Crippen LogP contribution in [0.1, 0.15) is 12.5 Å². The SMILES string of the molecule is C[C@](O)(c1ccc(N2CCN(S(=O)(=O)c3cccs3)C[C@H]2CN2CCOC[C@@H]2CO)cc1)C(F)(F)F. The van der Waals surface area contributed by atoms with Gasteiger partial charge in [0.15, 0.2) is 5.60 Å². The van der Waals surface area contributed by atoms with Crippen LogP contribution in [-0.2, 0) is 20.4 Å². The van der Waals surface area contributed by atoms with Crippen LogP contribution in [-0.4, -0.2) is 98.6 Å². The smallest absolute Gasteiger partial charge is 0.395 e. The zero-order valence-corrected chi connectivity index (χ0v) is 21.4. The lowest BCUT2D eigenvalue weighted by molar-refractivity contribution is -0.258. The third kappa shape index (κ3) is 5.42. The molecule has 0 unspecified atom stereocenters. The second kappa shape index (κ2) is 10.6. The van der Waals surface area contributed by atoms with Crippen molar-refractivity contribution in [1.82, 2.24) is 9.21 Å². The van der Waals surface area contributed by atoms with E-state index in [1.165, 1.54) is 28.6 Å². The van der Waals surface area contributed by atoms with E-state index in [-0.39, 0.29) is 41.6 Å². The average Bonchev–Trinajstić information content (AvgIpc) is 3.40. The second-order valence-corrected chi connectivity index (χ2v) is 12.3. The Morgan fingerprint density at radius 3 is 2.44 bits per heavy atom. The number of hydrogen-bond acceptors (Lipinski definition) is 8. The highest BCUT2D eigenvalue weighted by Gasteiger charge is 2.51. The van der Waals surface area contributed by atoms with E-state index < -0.39 is 21.8 Å². The quantitative estimate of drug-likeness (QED) is 0.547. The fourth-order valence-electron chi connectivity index (χ4n) is 4.59. The molecule has 0 saturated carbocycles. The molecule has 0 amide bonds. The van der Waals surface area contributed by atoms with E-state index >= 15 is 0 Å². The predicted octanol–water partition coefficient (Wildman–Crippen LogP) is 2.09. The van der Waals surface area contributed by atoms with E-state index in [0.717, 1.165) is 11.3 Å². The van der Waals surface area contributed by atoms with Crippen LogP contribution in [0.3, 0.4) is 0 Å². The molecule has 3 atom stereocenters. The molecule has 2 aliphatic rings. The van der Waals surface area contributed by atoms with Gasteiger partial charge in [-0.1, -0.05) is 18.2 Å². The van der Waals surface area contributed by atoms with Gasteiger partial charge in [0.25, 0.3) is 10.0 Å². The van der Waals surface area contributed by atoms with E-state index in [1.807, 2.05) is 4.90 Å². The van der Waals surface area contributed by atoms with Crippen molar-refractivity contribution in [2.45, 2.75) is 35.0 Å². The molecule has 2 aliphatic heterocycles. The molecule has 0 aliphatic carbocycles. The molecule has 4 rings (SSSR count). The van der Waals surface area contributed by atoms with Gasteiger partial charge < -0.3 is 19.8 Å². The van der Waals surface area contributed by atoms with E-state index in [9.17, 15) is 31.8 Å². The van der Waals surface area contributed by atoms with Crippen molar-refractivity contribution < 1.29 is 36.5 Å². The van der Waals surface area contributed by atoms with Gasteiger partial charge in [-0.15, -0.1) is 11.3 Å². The first-order valence-corrected chi connectivity index (χ1v) is 13.9. The maximum Gasteiger partial charge on any atom is 0.421 e. The Bertz CT molecular complexity index is 1110. The zero-order chi connectivity index (χ0) is 26.1. The van der Waals surface area contributed by atoms with Gasteiger partial charge in [0.2, 0.25) is 0 Å². The largest absolute Gasteiger partial charge is 0.421 e. The standard InChI is InChI=1S/C23H30F3N3O5S2/c1-22(31,23(24,25)26)17-4-6-18(7-5-17)29-9-8-28(36(32,33)21-3-2-12-35-21)14-19(29)13-27-10-11-34-16-20(27)15-30/h2-7,12,19-20,30-31H,8-11,13-16H2,1H3/t19-,20+,22+/m1/s1. The van der Waals surface area contributed by atoms with E-state index in [4.69, 9.17) is 4.74 Å². The number of aliphatic hydroxyl groups is 2. The number of alkyl halides is 3. The summed E-state index contributed by atoms with van der Waals surface area (Å²) >= 11 is 1.15. The minimum atomic E-state index is -4.82. The number of halogens is 3. The number of thiophene rings is 1. The number of nitrogens with zero attached hydrogens (tertiary/aromatic N) is 3. The predicted molar refractivity (Wildman–Crippen MR) is 130 cm³/mol. The Balaban J connectivity index is 1.61. The van der Waals surface area contributed by atoms with Crippen molar-refractivity contribution in [3.05, 3.63) is 47.3 Å². The van der Waals surface area contributed by atoms with Gasteiger partial charge in [0.1, 0.15) is 4.21 Å². The van der Waals surface area contributed by atoms with Crippen molar-refractivity contribution in [3.63, 3.8) is 0 Å². The Hall–Kier alpha value is -1.74. The number of hydrogen-bond donors (Lipinski definition) is 2. The molecule has 8 nitrogen and oxygen atoms in total. The van der Waals surface area contributed by atoms with E-state index in [2.05, 4.69) is 4.90 Å². The zero-order valence-electron chi connectivity index (χ0n) is 19.8. The molecule has 2 N–H and O–H groups in total. The molecule has 36 heavy (non-hydrogen) atoms. The van der Waals surface area contributed by atoms with Crippen LogP contribution >= 0.6 is 11.3 Å². The molecule has 2 aromatic rings. The summed E-state index contributed by atoms with van der Waals surface area (Å²) in [5.41, 5.74) is -2.63. The third-order valence-electron chi connectivity index (χ3n) is 6.85. The van der Waals surface area contributed by atoms with Crippen LogP contribution in [0.2, 0.25) is 0 Å². The lowest BCUT2D eigenvalue weighted by Gasteiger charge is -2.45. The minimum Gasteiger partial charge on any atom is -0.395 e. The maximum absolute atomic E-state index is 13.3. The number of rotatable bonds is 7. The van der Waals surface area contributed by atoms with Gasteiger partial charge in [0, 0.05) is 38.4 Å². The number of piperazine rings is 1. The Morgan fingerprint density at radius 1 is 1.11 bits per heavy atom. The van der Waals surface area contributed by atoms with Crippen LogP contribution in [0.25, 0.3) is 0 Å². The van der Waals surface area contributed by atoms with Crippen molar-refractivity contribution >= 4 is 27.0 Å². The fourth-order valence-corrected chi connectivity index (χ4v) is 7.20. The molecule has 0 spiro atoms. The summed E-state index contributed by atoms with van der Waals surface area (Å²) in [6.07, 6.45) is -4.82. The summed E-state index contributed by atoms with van der Waals surface area (Å²) < 4.78 is 73.4. The lowest BCUT2D eigenvalue weighted by Crippen LogP contribution is -2.60. The molecular weight excluding hydrogens is 519 g/mol. The number of benzene rings is 1. The monoisotopic (exact) mass is 549 g/mol. The second-order valence-electron chi connectivity index (χ2n) is 9.17. The molecule has 3 heterocycles. The van der Waals surface area contributed by atoms with Crippen LogP contribution in [0, 0.1) is 0 Å². The molecular formula is C23H30F3N3O5S2. The number of ether oxygens (including phenoxy) is 1. The molecule has 1 aromatic heterocycles. The first kappa shape index (κ1) is 27.3. The minimum absolute atomic E-state index is 0.106. The van der Waals surface area contributed by atoms with Gasteiger partial charge in [-0.05, 0) is 36.1 Å². The lowest BCUT2D eigenvalue weighted by atomic mass is 9.95. The van der Waals surface area contributed by atoms with Crippen molar-refractivity contribution in [3.8, 4) is 0 Å². The third-order valence-corrected chi connectivity index (χ3v) is 10.1. The molecule has 200 valence electrons. The van der Waals surface area contributed by atoms with Crippen LogP contribution in [0.15, 0.2) is 46.0 Å². The summed E-state index contributed by atoms with van der Waals surface area (Å²) in [4.78, 5) is 4.04. The summed E-state index contributed by atoms with van der Waals surface area (Å²) in [7, 11) is -3.69. The highest BCUT2D eigenvalue weighted by molar-refractivity contribution is 7.91. The number of morpholine rings is 1. The maximum atomic E-state index is 13.3. The van der Waals surface area contributed by atoms with Crippen molar-refractivity contribution in [2.75, 3.05) is 57.4 Å². The molecule has 1 aromatic carbocycles. The normalized spacial score (nSPS) is 24.6. The fraction of sp³-hybridized carbons (Fsp3) is 0.565. The van der Waals surface area contributed by atoms with Gasteiger partial charge in [-0.3, -0.25) is 4.90 Å².